The van der Waals surface area contributed by atoms with Crippen molar-refractivity contribution >= 4 is 40.7 Å². The van der Waals surface area contributed by atoms with Gasteiger partial charge in [0.2, 0.25) is 5.91 Å². The minimum atomic E-state index is -0.428. The fourth-order valence-electron chi connectivity index (χ4n) is 1.99. The molecule has 0 unspecified atom stereocenters. The molecule has 0 aromatic heterocycles. The predicted molar refractivity (Wildman–Crippen MR) is 99.4 cm³/mol. The van der Waals surface area contributed by atoms with Crippen molar-refractivity contribution in [3.63, 3.8) is 0 Å². The highest BCUT2D eigenvalue weighted by Crippen LogP contribution is 2.27. The molecule has 0 radical (unpaired) electrons. The first kappa shape index (κ1) is 19.1. The molecule has 2 amide bonds. The number of hydrogen-bond acceptors (Lipinski definition) is 3. The summed E-state index contributed by atoms with van der Waals surface area (Å²) in [5.74, 6) is -0.397. The number of hydrogen-bond donors (Lipinski definition) is 2. The molecule has 132 valence electrons. The number of nitrogens with one attached hydrogen (secondary N) is 2. The van der Waals surface area contributed by atoms with Crippen LogP contribution in [0.4, 0.5) is 5.69 Å². The maximum Gasteiger partial charge on any atom is 0.258 e. The summed E-state index contributed by atoms with van der Waals surface area (Å²) in [5, 5.41) is 5.98. The summed E-state index contributed by atoms with van der Waals surface area (Å²) < 4.78 is 5.30. The van der Waals surface area contributed by atoms with Gasteiger partial charge in [-0.1, -0.05) is 42.3 Å². The Morgan fingerprint density at radius 2 is 1.76 bits per heavy atom. The van der Waals surface area contributed by atoms with Crippen molar-refractivity contribution in [3.8, 4) is 5.75 Å². The molecule has 0 atom stereocenters. The van der Waals surface area contributed by atoms with Gasteiger partial charge in [-0.3, -0.25) is 9.59 Å². The van der Waals surface area contributed by atoms with Gasteiger partial charge in [0.15, 0.2) is 6.61 Å². The summed E-state index contributed by atoms with van der Waals surface area (Å²) in [5.41, 5.74) is 1.87. The third kappa shape index (κ3) is 6.29. The first-order chi connectivity index (χ1) is 12.0. The van der Waals surface area contributed by atoms with Crippen molar-refractivity contribution < 1.29 is 14.3 Å². The molecular weight excluding hydrogens is 363 g/mol. The van der Waals surface area contributed by atoms with Gasteiger partial charge in [-0.15, -0.1) is 0 Å². The monoisotopic (exact) mass is 380 g/mol. The van der Waals surface area contributed by atoms with Crippen molar-refractivity contribution in [1.29, 1.82) is 0 Å². The molecular formula is C18H18Cl2N2O3. The third-order valence-corrected chi connectivity index (χ3v) is 3.88. The van der Waals surface area contributed by atoms with Crippen molar-refractivity contribution in [3.05, 3.63) is 58.1 Å². The van der Waals surface area contributed by atoms with Gasteiger partial charge in [0, 0.05) is 10.7 Å². The highest BCUT2D eigenvalue weighted by atomic mass is 35.5. The van der Waals surface area contributed by atoms with E-state index in [0.717, 1.165) is 6.42 Å². The minimum Gasteiger partial charge on any atom is -0.482 e. The average molecular weight is 381 g/mol. The zero-order valence-electron chi connectivity index (χ0n) is 13.6. The van der Waals surface area contributed by atoms with Crippen LogP contribution in [0.25, 0.3) is 0 Å². The van der Waals surface area contributed by atoms with Crippen LogP contribution >= 0.6 is 23.2 Å². The third-order valence-electron chi connectivity index (χ3n) is 3.34. The Kier molecular flexibility index (Phi) is 7.10. The first-order valence-corrected chi connectivity index (χ1v) is 8.47. The topological polar surface area (TPSA) is 67.4 Å². The number of aryl methyl sites for hydroxylation is 1. The Bertz CT molecular complexity index is 748. The predicted octanol–water partition coefficient (Wildman–Crippen LogP) is 3.69. The van der Waals surface area contributed by atoms with E-state index in [1.165, 1.54) is 11.6 Å². The number of halogens is 2. The van der Waals surface area contributed by atoms with Crippen molar-refractivity contribution in [1.82, 2.24) is 5.32 Å². The van der Waals surface area contributed by atoms with Crippen molar-refractivity contribution in [2.45, 2.75) is 13.3 Å². The number of ether oxygens (including phenoxy) is 1. The zero-order valence-corrected chi connectivity index (χ0v) is 15.2. The van der Waals surface area contributed by atoms with E-state index >= 15 is 0 Å². The number of benzene rings is 2. The summed E-state index contributed by atoms with van der Waals surface area (Å²) >= 11 is 11.7. The molecule has 5 nitrogen and oxygen atoms in total. The fraction of sp³-hybridized carbons (Fsp3) is 0.222. The van der Waals surface area contributed by atoms with E-state index in [4.69, 9.17) is 27.9 Å². The maximum absolute atomic E-state index is 11.8. The van der Waals surface area contributed by atoms with Crippen LogP contribution in [0.15, 0.2) is 42.5 Å². The quantitative estimate of drug-likeness (QED) is 0.769. The molecule has 2 aromatic carbocycles. The van der Waals surface area contributed by atoms with E-state index in [-0.39, 0.29) is 19.1 Å². The lowest BCUT2D eigenvalue weighted by Crippen LogP contribution is -2.35. The standard InChI is InChI=1S/C18H18Cl2N2O3/c1-2-12-3-6-14(7-4-12)22-17(23)10-21-18(24)11-25-16-8-5-13(19)9-15(16)20/h3-9H,2,10-11H2,1H3,(H,21,24)(H,22,23). The molecule has 0 aliphatic heterocycles. The van der Waals surface area contributed by atoms with Crippen LogP contribution in [-0.2, 0) is 16.0 Å². The second kappa shape index (κ2) is 9.30. The van der Waals surface area contributed by atoms with Crippen LogP contribution in [0, 0.1) is 0 Å². The minimum absolute atomic E-state index is 0.147. The van der Waals surface area contributed by atoms with Crippen LogP contribution < -0.4 is 15.4 Å². The highest BCUT2D eigenvalue weighted by molar-refractivity contribution is 6.35. The van der Waals surface area contributed by atoms with Crippen LogP contribution in [-0.4, -0.2) is 25.0 Å². The Morgan fingerprint density at radius 3 is 2.40 bits per heavy atom. The second-order valence-corrected chi connectivity index (χ2v) is 6.08. The zero-order chi connectivity index (χ0) is 18.2. The van der Waals surface area contributed by atoms with E-state index in [9.17, 15) is 9.59 Å². The van der Waals surface area contributed by atoms with Crippen LogP contribution in [0.1, 0.15) is 12.5 Å². The van der Waals surface area contributed by atoms with Gasteiger partial charge in [0.1, 0.15) is 5.75 Å². The Labute approximate surface area is 156 Å². The lowest BCUT2D eigenvalue weighted by molar-refractivity contribution is -0.125. The molecule has 2 aromatic rings. The molecule has 0 spiro atoms. The molecule has 2 N–H and O–H groups in total. The van der Waals surface area contributed by atoms with Crippen molar-refractivity contribution in [2.24, 2.45) is 0 Å². The van der Waals surface area contributed by atoms with Gasteiger partial charge < -0.3 is 15.4 Å². The molecule has 0 fully saturated rings. The molecule has 2 rings (SSSR count). The van der Waals surface area contributed by atoms with Gasteiger partial charge >= 0.3 is 0 Å². The Balaban J connectivity index is 1.74. The van der Waals surface area contributed by atoms with Gasteiger partial charge in [0.25, 0.3) is 5.91 Å². The fourth-order valence-corrected chi connectivity index (χ4v) is 2.46. The SMILES string of the molecule is CCc1ccc(NC(=O)CNC(=O)COc2ccc(Cl)cc2Cl)cc1. The summed E-state index contributed by atoms with van der Waals surface area (Å²) in [6, 6.07) is 12.2. The van der Waals surface area contributed by atoms with Gasteiger partial charge in [-0.2, -0.15) is 0 Å². The Hall–Kier alpha value is -2.24. The lowest BCUT2D eigenvalue weighted by atomic mass is 10.1. The number of rotatable bonds is 7. The molecule has 0 aliphatic rings. The number of carbonyl (C=O) groups is 2. The summed E-state index contributed by atoms with van der Waals surface area (Å²) in [6.45, 7) is 1.66. The van der Waals surface area contributed by atoms with E-state index in [2.05, 4.69) is 17.6 Å². The lowest BCUT2D eigenvalue weighted by Gasteiger charge is -2.09. The maximum atomic E-state index is 11.8. The van der Waals surface area contributed by atoms with E-state index in [1.807, 2.05) is 24.3 Å². The average Bonchev–Trinajstić information content (AvgIpc) is 2.60. The molecule has 0 saturated carbocycles. The van der Waals surface area contributed by atoms with Gasteiger partial charge in [0.05, 0.1) is 11.6 Å². The normalized spacial score (nSPS) is 10.2. The molecule has 0 saturated heterocycles. The molecule has 0 heterocycles. The molecule has 25 heavy (non-hydrogen) atoms. The number of amides is 2. The largest absolute Gasteiger partial charge is 0.482 e. The Morgan fingerprint density at radius 1 is 1.04 bits per heavy atom. The summed E-state index contributed by atoms with van der Waals surface area (Å²) in [7, 11) is 0. The number of carbonyl (C=O) groups excluding carboxylic acids is 2. The van der Waals surface area contributed by atoms with Gasteiger partial charge in [-0.25, -0.2) is 0 Å². The summed E-state index contributed by atoms with van der Waals surface area (Å²) in [6.07, 6.45) is 0.932. The highest BCUT2D eigenvalue weighted by Gasteiger charge is 2.09. The van der Waals surface area contributed by atoms with Crippen LogP contribution in [0.2, 0.25) is 10.0 Å². The van der Waals surface area contributed by atoms with Crippen LogP contribution in [0.3, 0.4) is 0 Å². The molecule has 7 heteroatoms. The van der Waals surface area contributed by atoms with Gasteiger partial charge in [-0.05, 0) is 42.3 Å². The van der Waals surface area contributed by atoms with E-state index < -0.39 is 5.91 Å². The first-order valence-electron chi connectivity index (χ1n) is 7.71. The second-order valence-electron chi connectivity index (χ2n) is 5.24. The van der Waals surface area contributed by atoms with E-state index in [0.29, 0.717) is 21.5 Å². The smallest absolute Gasteiger partial charge is 0.258 e. The number of anilines is 1. The van der Waals surface area contributed by atoms with E-state index in [1.54, 1.807) is 12.1 Å². The molecule has 0 bridgehead atoms. The summed E-state index contributed by atoms with van der Waals surface area (Å²) in [4.78, 5) is 23.6. The van der Waals surface area contributed by atoms with Crippen molar-refractivity contribution in [2.75, 3.05) is 18.5 Å². The molecule has 0 aliphatic carbocycles. The van der Waals surface area contributed by atoms with Crippen LogP contribution in [0.5, 0.6) is 5.75 Å².